The Labute approximate surface area is 155 Å². The largest absolute Gasteiger partial charge is 0.471 e. The Morgan fingerprint density at radius 3 is 2.25 bits per heavy atom. The van der Waals surface area contributed by atoms with Crippen molar-refractivity contribution in [2.75, 3.05) is 5.75 Å². The highest BCUT2D eigenvalue weighted by Crippen LogP contribution is 2.29. The number of benzene rings is 2. The number of nitrogens with zero attached hydrogens (tertiary/aromatic N) is 2. The van der Waals surface area contributed by atoms with E-state index in [1.807, 2.05) is 0 Å². The summed E-state index contributed by atoms with van der Waals surface area (Å²) in [5.74, 6) is -4.60. The van der Waals surface area contributed by atoms with Gasteiger partial charge >= 0.3 is 12.1 Å². The van der Waals surface area contributed by atoms with E-state index in [1.54, 1.807) is 0 Å². The molecule has 1 aromatic heterocycles. The fraction of sp³-hybridized carbons (Fsp3) is 0.118. The SMILES string of the molecule is O=C(CS(=O)(=O)c1ccccc1F)c1ccc(-c2noc(C(F)(F)F)n2)cc1. The molecule has 0 bridgehead atoms. The molecule has 0 spiro atoms. The summed E-state index contributed by atoms with van der Waals surface area (Å²) < 4.78 is 79.7. The van der Waals surface area contributed by atoms with Crippen LogP contribution in [0.3, 0.4) is 0 Å². The molecule has 6 nitrogen and oxygen atoms in total. The first-order valence-electron chi connectivity index (χ1n) is 7.60. The molecule has 0 radical (unpaired) electrons. The molecule has 11 heteroatoms. The van der Waals surface area contributed by atoms with Crippen molar-refractivity contribution in [2.24, 2.45) is 0 Å². The first-order chi connectivity index (χ1) is 13.1. The van der Waals surface area contributed by atoms with Crippen molar-refractivity contribution >= 4 is 15.6 Å². The Hall–Kier alpha value is -3.08. The topological polar surface area (TPSA) is 90.1 Å². The van der Waals surface area contributed by atoms with Crippen LogP contribution < -0.4 is 0 Å². The number of aromatic nitrogens is 2. The zero-order chi connectivity index (χ0) is 20.5. The summed E-state index contributed by atoms with van der Waals surface area (Å²) in [7, 11) is -4.20. The summed E-state index contributed by atoms with van der Waals surface area (Å²) in [6, 6.07) is 9.56. The lowest BCUT2D eigenvalue weighted by atomic mass is 10.1. The molecular weight excluding hydrogens is 404 g/mol. The zero-order valence-electron chi connectivity index (χ0n) is 13.8. The van der Waals surface area contributed by atoms with Crippen LogP contribution in [-0.2, 0) is 16.0 Å². The molecule has 1 heterocycles. The molecule has 0 amide bonds. The van der Waals surface area contributed by atoms with Gasteiger partial charge in [0.15, 0.2) is 15.6 Å². The third kappa shape index (κ3) is 4.09. The van der Waals surface area contributed by atoms with Gasteiger partial charge in [0.2, 0.25) is 5.82 Å². The number of halogens is 4. The van der Waals surface area contributed by atoms with Crippen LogP contribution in [0.15, 0.2) is 57.9 Å². The van der Waals surface area contributed by atoms with Crippen LogP contribution in [-0.4, -0.2) is 30.1 Å². The molecule has 0 aliphatic carbocycles. The van der Waals surface area contributed by atoms with Crippen molar-refractivity contribution in [2.45, 2.75) is 11.1 Å². The van der Waals surface area contributed by atoms with E-state index in [0.717, 1.165) is 12.1 Å². The molecule has 0 saturated carbocycles. The molecule has 0 N–H and O–H groups in total. The number of rotatable bonds is 5. The molecule has 0 saturated heterocycles. The fourth-order valence-electron chi connectivity index (χ4n) is 2.29. The van der Waals surface area contributed by atoms with Gasteiger partial charge in [-0.1, -0.05) is 41.6 Å². The van der Waals surface area contributed by atoms with Gasteiger partial charge in [-0.15, -0.1) is 0 Å². The smallest absolute Gasteiger partial charge is 0.329 e. The minimum atomic E-state index is -4.79. The number of hydrogen-bond acceptors (Lipinski definition) is 6. The van der Waals surface area contributed by atoms with Gasteiger partial charge in [-0.3, -0.25) is 4.79 Å². The van der Waals surface area contributed by atoms with Crippen molar-refractivity contribution in [3.63, 3.8) is 0 Å². The van der Waals surface area contributed by atoms with E-state index in [2.05, 4.69) is 14.7 Å². The number of hydrogen-bond donors (Lipinski definition) is 0. The number of carbonyl (C=O) groups excluding carboxylic acids is 1. The second-order valence-corrected chi connectivity index (χ2v) is 7.57. The minimum Gasteiger partial charge on any atom is -0.329 e. The number of sulfone groups is 1. The highest BCUT2D eigenvalue weighted by molar-refractivity contribution is 7.92. The molecule has 3 rings (SSSR count). The van der Waals surface area contributed by atoms with E-state index >= 15 is 0 Å². The second kappa shape index (κ2) is 7.15. The molecule has 0 aliphatic rings. The monoisotopic (exact) mass is 414 g/mol. The number of alkyl halides is 3. The quantitative estimate of drug-likeness (QED) is 0.469. The predicted molar refractivity (Wildman–Crippen MR) is 87.5 cm³/mol. The van der Waals surface area contributed by atoms with Gasteiger partial charge in [0.05, 0.1) is 0 Å². The number of Topliss-reactive ketones (excluding diaryl/α,β-unsaturated/α-hetero) is 1. The summed E-state index contributed by atoms with van der Waals surface area (Å²) in [6.45, 7) is 0. The molecular formula is C17H10F4N2O4S. The Morgan fingerprint density at radius 2 is 1.68 bits per heavy atom. The Bertz CT molecular complexity index is 1120. The first kappa shape index (κ1) is 19.7. The van der Waals surface area contributed by atoms with Crippen molar-refractivity contribution in [1.82, 2.24) is 10.1 Å². The molecule has 2 aromatic carbocycles. The lowest BCUT2D eigenvalue weighted by molar-refractivity contribution is -0.159. The van der Waals surface area contributed by atoms with Gasteiger partial charge in [-0.25, -0.2) is 12.8 Å². The molecule has 3 aromatic rings. The van der Waals surface area contributed by atoms with Crippen molar-refractivity contribution in [3.05, 3.63) is 65.8 Å². The average Bonchev–Trinajstić information content (AvgIpc) is 3.12. The fourth-order valence-corrected chi connectivity index (χ4v) is 3.61. The second-order valence-electron chi connectivity index (χ2n) is 5.61. The maximum atomic E-state index is 13.7. The summed E-state index contributed by atoms with van der Waals surface area (Å²) in [5.41, 5.74) is 0.107. The zero-order valence-corrected chi connectivity index (χ0v) is 14.6. The van der Waals surface area contributed by atoms with E-state index in [9.17, 15) is 30.8 Å². The van der Waals surface area contributed by atoms with Crippen LogP contribution in [0.4, 0.5) is 17.6 Å². The average molecular weight is 414 g/mol. The molecule has 0 atom stereocenters. The molecule has 0 fully saturated rings. The van der Waals surface area contributed by atoms with Crippen molar-refractivity contribution < 1.29 is 35.3 Å². The van der Waals surface area contributed by atoms with Crippen LogP contribution in [0.2, 0.25) is 0 Å². The highest BCUT2D eigenvalue weighted by Gasteiger charge is 2.38. The highest BCUT2D eigenvalue weighted by atomic mass is 32.2. The standard InChI is InChI=1S/C17H10F4N2O4S/c18-12-3-1-2-4-14(12)28(25,26)9-13(24)10-5-7-11(8-6-10)15-22-16(27-23-15)17(19,20)21/h1-8H,9H2. The maximum Gasteiger partial charge on any atom is 0.471 e. The van der Waals surface area contributed by atoms with Crippen molar-refractivity contribution in [1.29, 1.82) is 0 Å². The lowest BCUT2D eigenvalue weighted by Crippen LogP contribution is -2.17. The predicted octanol–water partition coefficient (Wildman–Crippen LogP) is 3.55. The van der Waals surface area contributed by atoms with Crippen molar-refractivity contribution in [3.8, 4) is 11.4 Å². The van der Waals surface area contributed by atoms with Crippen LogP contribution in [0.5, 0.6) is 0 Å². The van der Waals surface area contributed by atoms with E-state index in [1.165, 1.54) is 36.4 Å². The maximum absolute atomic E-state index is 13.7. The third-order valence-corrected chi connectivity index (χ3v) is 5.27. The Balaban J connectivity index is 1.79. The Morgan fingerprint density at radius 1 is 1.04 bits per heavy atom. The van der Waals surface area contributed by atoms with Crippen LogP contribution >= 0.6 is 0 Å². The Kier molecular flexibility index (Phi) is 5.02. The van der Waals surface area contributed by atoms with Crippen LogP contribution in [0, 0.1) is 5.82 Å². The summed E-state index contributed by atoms with van der Waals surface area (Å²) in [5, 5.41) is 3.21. The minimum absolute atomic E-state index is 0.0248. The lowest BCUT2D eigenvalue weighted by Gasteiger charge is -2.05. The van der Waals surface area contributed by atoms with E-state index in [0.29, 0.717) is 0 Å². The van der Waals surface area contributed by atoms with Gasteiger partial charge in [-0.05, 0) is 12.1 Å². The molecule has 28 heavy (non-hydrogen) atoms. The summed E-state index contributed by atoms with van der Waals surface area (Å²) in [4.78, 5) is 14.8. The van der Waals surface area contributed by atoms with Gasteiger partial charge < -0.3 is 4.52 Å². The summed E-state index contributed by atoms with van der Waals surface area (Å²) >= 11 is 0. The van der Waals surface area contributed by atoms with Gasteiger partial charge in [0.25, 0.3) is 0 Å². The van der Waals surface area contributed by atoms with E-state index < -0.39 is 44.2 Å². The molecule has 146 valence electrons. The number of ketones is 1. The van der Waals surface area contributed by atoms with Crippen LogP contribution in [0.25, 0.3) is 11.4 Å². The first-order valence-corrected chi connectivity index (χ1v) is 9.25. The number of carbonyl (C=O) groups is 1. The molecule has 0 aliphatic heterocycles. The molecule has 0 unspecified atom stereocenters. The van der Waals surface area contributed by atoms with E-state index in [4.69, 9.17) is 0 Å². The summed E-state index contributed by atoms with van der Waals surface area (Å²) in [6.07, 6.45) is -4.79. The van der Waals surface area contributed by atoms with Gasteiger partial charge in [-0.2, -0.15) is 18.2 Å². The normalized spacial score (nSPS) is 12.1. The van der Waals surface area contributed by atoms with E-state index in [-0.39, 0.29) is 17.0 Å². The van der Waals surface area contributed by atoms with Gasteiger partial charge in [0, 0.05) is 11.1 Å². The third-order valence-electron chi connectivity index (χ3n) is 3.63. The van der Waals surface area contributed by atoms with Gasteiger partial charge in [0.1, 0.15) is 16.5 Å². The van der Waals surface area contributed by atoms with Crippen LogP contribution in [0.1, 0.15) is 16.2 Å².